The van der Waals surface area contributed by atoms with E-state index >= 15 is 0 Å². The molecule has 2 nitrogen and oxygen atoms in total. The Balaban J connectivity index is 2.05. The Morgan fingerprint density at radius 3 is 3.07 bits per heavy atom. The van der Waals surface area contributed by atoms with Gasteiger partial charge in [-0.05, 0) is 25.0 Å². The average molecular weight is 205 g/mol. The van der Waals surface area contributed by atoms with E-state index in [1.54, 1.807) is 11.3 Å². The highest BCUT2D eigenvalue weighted by atomic mass is 32.1. The Morgan fingerprint density at radius 1 is 1.36 bits per heavy atom. The number of rotatable bonds is 1. The van der Waals surface area contributed by atoms with E-state index in [1.165, 1.54) is 11.1 Å². The van der Waals surface area contributed by atoms with Crippen molar-refractivity contribution in [3.05, 3.63) is 29.3 Å². The van der Waals surface area contributed by atoms with Crippen molar-refractivity contribution >= 4 is 21.6 Å². The molecule has 3 rings (SSSR count). The third-order valence-electron chi connectivity index (χ3n) is 2.52. The Kier molecular flexibility index (Phi) is 2.00. The minimum absolute atomic E-state index is 0.257. The molecule has 14 heavy (non-hydrogen) atoms. The fraction of sp³-hybridized carbons (Fsp3) is 0.364. The molecule has 1 aliphatic heterocycles. The minimum Gasteiger partial charge on any atom is -0.371 e. The first-order chi connectivity index (χ1) is 6.93. The van der Waals surface area contributed by atoms with E-state index in [1.807, 2.05) is 6.07 Å². The second-order valence-electron chi connectivity index (χ2n) is 3.52. The van der Waals surface area contributed by atoms with Gasteiger partial charge in [-0.25, -0.2) is 4.98 Å². The third-order valence-corrected chi connectivity index (χ3v) is 3.64. The molecule has 3 heteroatoms. The summed E-state index contributed by atoms with van der Waals surface area (Å²) >= 11 is 1.76. The van der Waals surface area contributed by atoms with Gasteiger partial charge in [0, 0.05) is 6.61 Å². The molecule has 0 N–H and O–H groups in total. The van der Waals surface area contributed by atoms with Gasteiger partial charge in [-0.2, -0.15) is 0 Å². The van der Waals surface area contributed by atoms with E-state index < -0.39 is 0 Å². The second-order valence-corrected chi connectivity index (χ2v) is 4.58. The summed E-state index contributed by atoms with van der Waals surface area (Å²) in [7, 11) is 0. The van der Waals surface area contributed by atoms with E-state index in [0.717, 1.165) is 23.6 Å². The van der Waals surface area contributed by atoms with Gasteiger partial charge in [-0.15, -0.1) is 11.3 Å². The zero-order chi connectivity index (χ0) is 9.38. The van der Waals surface area contributed by atoms with Gasteiger partial charge < -0.3 is 4.74 Å². The molecule has 72 valence electrons. The first-order valence-electron chi connectivity index (χ1n) is 4.90. The van der Waals surface area contributed by atoms with Gasteiger partial charge in [0.25, 0.3) is 0 Å². The zero-order valence-electron chi connectivity index (χ0n) is 7.77. The molecule has 0 aliphatic carbocycles. The van der Waals surface area contributed by atoms with Gasteiger partial charge in [-0.1, -0.05) is 12.1 Å². The zero-order valence-corrected chi connectivity index (χ0v) is 8.59. The van der Waals surface area contributed by atoms with Crippen molar-refractivity contribution in [1.82, 2.24) is 4.98 Å². The number of aromatic nitrogens is 1. The van der Waals surface area contributed by atoms with Crippen molar-refractivity contribution < 1.29 is 4.74 Å². The standard InChI is InChI=1S/C11H11NOS/c1-2-6-10-8(4-1)12-11(14-10)9-5-3-7-13-9/h1-2,4,6,9H,3,5,7H2/t9-/m1/s1. The van der Waals surface area contributed by atoms with Gasteiger partial charge >= 0.3 is 0 Å². The highest BCUT2D eigenvalue weighted by Crippen LogP contribution is 2.33. The molecule has 0 unspecified atom stereocenters. The summed E-state index contributed by atoms with van der Waals surface area (Å²) in [5.74, 6) is 0. The van der Waals surface area contributed by atoms with Crippen LogP contribution in [0.25, 0.3) is 10.2 Å². The van der Waals surface area contributed by atoms with Crippen LogP contribution in [0.3, 0.4) is 0 Å². The topological polar surface area (TPSA) is 22.1 Å². The van der Waals surface area contributed by atoms with Crippen LogP contribution < -0.4 is 0 Å². The normalized spacial score (nSPS) is 21.9. The highest BCUT2D eigenvalue weighted by molar-refractivity contribution is 7.18. The van der Waals surface area contributed by atoms with E-state index in [2.05, 4.69) is 23.2 Å². The monoisotopic (exact) mass is 205 g/mol. The Hall–Kier alpha value is -0.930. The van der Waals surface area contributed by atoms with E-state index in [-0.39, 0.29) is 6.10 Å². The summed E-state index contributed by atoms with van der Waals surface area (Å²) in [6.45, 7) is 0.889. The molecule has 1 atom stereocenters. The minimum atomic E-state index is 0.257. The lowest BCUT2D eigenvalue weighted by Crippen LogP contribution is -1.93. The lowest BCUT2D eigenvalue weighted by atomic mass is 10.2. The van der Waals surface area contributed by atoms with Crippen LogP contribution in [0.15, 0.2) is 24.3 Å². The van der Waals surface area contributed by atoms with E-state index in [4.69, 9.17) is 4.74 Å². The Labute approximate surface area is 86.5 Å². The van der Waals surface area contributed by atoms with Gasteiger partial charge in [0.2, 0.25) is 0 Å². The van der Waals surface area contributed by atoms with Crippen LogP contribution in [0.2, 0.25) is 0 Å². The van der Waals surface area contributed by atoms with Crippen LogP contribution in [0.4, 0.5) is 0 Å². The molecule has 1 aliphatic rings. The van der Waals surface area contributed by atoms with Crippen LogP contribution in [0, 0.1) is 0 Å². The quantitative estimate of drug-likeness (QED) is 0.713. The van der Waals surface area contributed by atoms with E-state index in [0.29, 0.717) is 0 Å². The SMILES string of the molecule is c1ccc2sc([C@H]3CCCO3)nc2c1. The molecule has 0 saturated carbocycles. The van der Waals surface area contributed by atoms with Crippen LogP contribution in [-0.4, -0.2) is 11.6 Å². The van der Waals surface area contributed by atoms with Crippen molar-refractivity contribution in [3.8, 4) is 0 Å². The maximum absolute atomic E-state index is 5.62. The predicted octanol–water partition coefficient (Wildman–Crippen LogP) is 3.15. The average Bonchev–Trinajstić information content (AvgIpc) is 2.86. The predicted molar refractivity (Wildman–Crippen MR) is 57.5 cm³/mol. The van der Waals surface area contributed by atoms with Crippen molar-refractivity contribution in [2.24, 2.45) is 0 Å². The third kappa shape index (κ3) is 1.33. The second kappa shape index (κ2) is 3.33. The summed E-state index contributed by atoms with van der Waals surface area (Å²) in [6, 6.07) is 8.26. The number of para-hydroxylation sites is 1. The molecule has 2 aromatic rings. The summed E-state index contributed by atoms with van der Waals surface area (Å²) in [5, 5.41) is 1.14. The number of nitrogens with zero attached hydrogens (tertiary/aromatic N) is 1. The van der Waals surface area contributed by atoms with Gasteiger partial charge in [0.1, 0.15) is 11.1 Å². The molecular formula is C11H11NOS. The maximum atomic E-state index is 5.62. The molecule has 2 heterocycles. The summed E-state index contributed by atoms with van der Waals surface area (Å²) < 4.78 is 6.88. The molecular weight excluding hydrogens is 194 g/mol. The van der Waals surface area contributed by atoms with Crippen molar-refractivity contribution in [3.63, 3.8) is 0 Å². The molecule has 1 aromatic heterocycles. The van der Waals surface area contributed by atoms with E-state index in [9.17, 15) is 0 Å². The largest absolute Gasteiger partial charge is 0.371 e. The first-order valence-corrected chi connectivity index (χ1v) is 5.72. The van der Waals surface area contributed by atoms with Gasteiger partial charge in [0.15, 0.2) is 0 Å². The van der Waals surface area contributed by atoms with Crippen molar-refractivity contribution in [2.75, 3.05) is 6.61 Å². The van der Waals surface area contributed by atoms with Gasteiger partial charge in [0.05, 0.1) is 10.2 Å². The summed E-state index contributed by atoms with van der Waals surface area (Å²) in [6.07, 6.45) is 2.55. The molecule has 1 aromatic carbocycles. The highest BCUT2D eigenvalue weighted by Gasteiger charge is 2.20. The first kappa shape index (κ1) is 8.38. The molecule has 0 spiro atoms. The van der Waals surface area contributed by atoms with Crippen LogP contribution in [-0.2, 0) is 4.74 Å². The Bertz CT molecular complexity index is 412. The van der Waals surface area contributed by atoms with Gasteiger partial charge in [-0.3, -0.25) is 0 Å². The molecule has 0 bridgehead atoms. The van der Waals surface area contributed by atoms with Crippen molar-refractivity contribution in [2.45, 2.75) is 18.9 Å². The summed E-state index contributed by atoms with van der Waals surface area (Å²) in [5.41, 5.74) is 1.10. The smallest absolute Gasteiger partial charge is 0.123 e. The summed E-state index contributed by atoms with van der Waals surface area (Å²) in [4.78, 5) is 4.59. The molecule has 0 radical (unpaired) electrons. The number of hydrogen-bond acceptors (Lipinski definition) is 3. The lowest BCUT2D eigenvalue weighted by molar-refractivity contribution is 0.112. The fourth-order valence-corrected chi connectivity index (χ4v) is 2.85. The number of hydrogen-bond donors (Lipinski definition) is 0. The Morgan fingerprint density at radius 2 is 2.29 bits per heavy atom. The molecule has 0 amide bonds. The molecule has 1 fully saturated rings. The molecule has 1 saturated heterocycles. The van der Waals surface area contributed by atoms with Crippen molar-refractivity contribution in [1.29, 1.82) is 0 Å². The lowest BCUT2D eigenvalue weighted by Gasteiger charge is -2.02. The number of benzene rings is 1. The number of ether oxygens (including phenoxy) is 1. The van der Waals surface area contributed by atoms with Crippen LogP contribution in [0.5, 0.6) is 0 Å². The number of thiazole rings is 1. The van der Waals surface area contributed by atoms with Crippen LogP contribution >= 0.6 is 11.3 Å². The fourth-order valence-electron chi connectivity index (χ4n) is 1.80. The number of fused-ring (bicyclic) bond motifs is 1. The maximum Gasteiger partial charge on any atom is 0.123 e. The van der Waals surface area contributed by atoms with Crippen LogP contribution in [0.1, 0.15) is 24.0 Å².